The number of β-amino-alcohol motifs (C(OH)–C–C–N with tert-alkyl or cyclic N) is 1. The average molecular weight is 338 g/mol. The van der Waals surface area contributed by atoms with E-state index in [4.69, 9.17) is 11.6 Å². The van der Waals surface area contributed by atoms with Gasteiger partial charge < -0.3 is 9.94 Å². The van der Waals surface area contributed by atoms with Gasteiger partial charge in [0, 0.05) is 5.02 Å². The van der Waals surface area contributed by atoms with Crippen LogP contribution in [0.1, 0.15) is 18.9 Å². The van der Waals surface area contributed by atoms with Gasteiger partial charge in [0.15, 0.2) is 0 Å². The van der Waals surface area contributed by atoms with Crippen molar-refractivity contribution in [3.05, 3.63) is 34.9 Å². The van der Waals surface area contributed by atoms with Crippen LogP contribution in [0.3, 0.4) is 0 Å². The molecule has 4 nitrogen and oxygen atoms in total. The van der Waals surface area contributed by atoms with Gasteiger partial charge in [0.2, 0.25) is 0 Å². The van der Waals surface area contributed by atoms with Crippen LogP contribution in [0.5, 0.6) is 0 Å². The highest BCUT2D eigenvalue weighted by Crippen LogP contribution is 2.31. The fraction of sp³-hybridized carbons (Fsp3) is 0.500. The zero-order chi connectivity index (χ0) is 16.5. The number of hydrogen-bond donors (Lipinski definition) is 1. The number of nitrogens with zero attached hydrogens (tertiary/aromatic N) is 1. The Morgan fingerprint density at radius 3 is 2.59 bits per heavy atom. The quantitative estimate of drug-likeness (QED) is 0.921. The van der Waals surface area contributed by atoms with Crippen molar-refractivity contribution < 1.29 is 27.9 Å². The van der Waals surface area contributed by atoms with Crippen molar-refractivity contribution in [2.24, 2.45) is 0 Å². The Balaban J connectivity index is 2.09. The Morgan fingerprint density at radius 1 is 1.45 bits per heavy atom. The first-order valence-electron chi connectivity index (χ1n) is 6.59. The molecule has 0 amide bonds. The standard InChI is InChI=1S/C14H15ClF3NO3/c1-13(21)7-11(6-9-2-4-10(15)5-3-9)19(8-13)22-12(20)14(16,17)18/h2-5,11,21H,6-8H2,1H3/t11-,13-/m0/s1. The van der Waals surface area contributed by atoms with Crippen LogP contribution in [0.25, 0.3) is 0 Å². The van der Waals surface area contributed by atoms with Crippen LogP contribution >= 0.6 is 11.6 Å². The lowest BCUT2D eigenvalue weighted by Gasteiger charge is -2.23. The number of alkyl halides is 3. The summed E-state index contributed by atoms with van der Waals surface area (Å²) in [5, 5.41) is 11.5. The van der Waals surface area contributed by atoms with E-state index >= 15 is 0 Å². The number of halogens is 4. The molecule has 122 valence electrons. The molecule has 0 saturated carbocycles. The second kappa shape index (κ2) is 6.06. The molecule has 0 unspecified atom stereocenters. The van der Waals surface area contributed by atoms with Crippen molar-refractivity contribution in [3.63, 3.8) is 0 Å². The molecule has 1 aliphatic heterocycles. The van der Waals surface area contributed by atoms with Crippen LogP contribution in [0.2, 0.25) is 5.02 Å². The lowest BCUT2D eigenvalue weighted by atomic mass is 9.98. The maximum atomic E-state index is 12.3. The van der Waals surface area contributed by atoms with Gasteiger partial charge in [-0.3, -0.25) is 0 Å². The van der Waals surface area contributed by atoms with E-state index in [1.807, 2.05) is 0 Å². The lowest BCUT2D eigenvalue weighted by Crippen LogP contribution is -2.39. The van der Waals surface area contributed by atoms with Crippen LogP contribution < -0.4 is 0 Å². The molecule has 0 aromatic heterocycles. The summed E-state index contributed by atoms with van der Waals surface area (Å²) in [4.78, 5) is 15.4. The van der Waals surface area contributed by atoms with E-state index in [0.717, 1.165) is 10.6 Å². The van der Waals surface area contributed by atoms with Gasteiger partial charge >= 0.3 is 12.1 Å². The predicted octanol–water partition coefficient (Wildman–Crippen LogP) is 2.73. The highest BCUT2D eigenvalue weighted by atomic mass is 35.5. The van der Waals surface area contributed by atoms with Crippen molar-refractivity contribution in [2.75, 3.05) is 6.54 Å². The van der Waals surface area contributed by atoms with Crippen LogP contribution in [-0.2, 0) is 16.1 Å². The van der Waals surface area contributed by atoms with E-state index in [1.54, 1.807) is 24.3 Å². The van der Waals surface area contributed by atoms with Crippen molar-refractivity contribution in [3.8, 4) is 0 Å². The van der Waals surface area contributed by atoms with Crippen LogP contribution in [0.15, 0.2) is 24.3 Å². The third-order valence-corrected chi connectivity index (χ3v) is 3.65. The maximum Gasteiger partial charge on any atom is 0.492 e. The summed E-state index contributed by atoms with van der Waals surface area (Å²) < 4.78 is 36.9. The first-order valence-corrected chi connectivity index (χ1v) is 6.97. The molecule has 1 saturated heterocycles. The van der Waals surface area contributed by atoms with E-state index in [-0.39, 0.29) is 13.0 Å². The van der Waals surface area contributed by atoms with Gasteiger partial charge in [0.1, 0.15) is 0 Å². The van der Waals surface area contributed by atoms with E-state index in [9.17, 15) is 23.1 Å². The van der Waals surface area contributed by atoms with Crippen molar-refractivity contribution in [1.82, 2.24) is 5.06 Å². The Bertz CT molecular complexity index is 545. The van der Waals surface area contributed by atoms with Crippen LogP contribution in [0.4, 0.5) is 13.2 Å². The molecule has 2 atom stereocenters. The first-order chi connectivity index (χ1) is 10.1. The van der Waals surface area contributed by atoms with Gasteiger partial charge in [-0.25, -0.2) is 4.79 Å². The van der Waals surface area contributed by atoms with E-state index in [1.165, 1.54) is 6.92 Å². The Morgan fingerprint density at radius 2 is 2.05 bits per heavy atom. The first kappa shape index (κ1) is 17.1. The summed E-state index contributed by atoms with van der Waals surface area (Å²) in [5.41, 5.74) is -0.400. The van der Waals surface area contributed by atoms with E-state index in [2.05, 4.69) is 4.84 Å². The van der Waals surface area contributed by atoms with Gasteiger partial charge in [-0.2, -0.15) is 13.2 Å². The summed E-state index contributed by atoms with van der Waals surface area (Å²) in [6.07, 6.45) is -4.54. The highest BCUT2D eigenvalue weighted by molar-refractivity contribution is 6.30. The largest absolute Gasteiger partial charge is 0.492 e. The molecule has 1 N–H and O–H groups in total. The molecule has 1 aliphatic rings. The molecule has 1 aromatic rings. The molecule has 0 spiro atoms. The summed E-state index contributed by atoms with van der Waals surface area (Å²) in [6.45, 7) is 1.32. The molecule has 22 heavy (non-hydrogen) atoms. The van der Waals surface area contributed by atoms with Crippen molar-refractivity contribution >= 4 is 17.6 Å². The Labute approximate surface area is 130 Å². The second-order valence-electron chi connectivity index (χ2n) is 5.64. The summed E-state index contributed by atoms with van der Waals surface area (Å²) >= 11 is 5.78. The smallest absolute Gasteiger partial charge is 0.389 e. The fourth-order valence-corrected chi connectivity index (χ4v) is 2.60. The van der Waals surface area contributed by atoms with E-state index < -0.39 is 23.8 Å². The summed E-state index contributed by atoms with van der Waals surface area (Å²) in [6, 6.07) is 6.26. The minimum absolute atomic E-state index is 0.174. The molecular weight excluding hydrogens is 323 g/mol. The predicted molar refractivity (Wildman–Crippen MR) is 73.0 cm³/mol. The lowest BCUT2D eigenvalue weighted by molar-refractivity contribution is -0.242. The zero-order valence-corrected chi connectivity index (χ0v) is 12.5. The number of carbonyl (C=O) groups is 1. The molecule has 1 aromatic carbocycles. The zero-order valence-electron chi connectivity index (χ0n) is 11.7. The van der Waals surface area contributed by atoms with Gasteiger partial charge in [0.25, 0.3) is 0 Å². The van der Waals surface area contributed by atoms with Gasteiger partial charge in [0.05, 0.1) is 18.2 Å². The normalized spacial score (nSPS) is 26.2. The summed E-state index contributed by atoms with van der Waals surface area (Å²) in [7, 11) is 0. The number of aliphatic hydroxyl groups is 1. The molecule has 0 bridgehead atoms. The molecule has 8 heteroatoms. The molecular formula is C14H15ClF3NO3. The molecule has 2 rings (SSSR count). The fourth-order valence-electron chi connectivity index (χ4n) is 2.47. The molecule has 1 fully saturated rings. The van der Waals surface area contributed by atoms with Crippen LogP contribution in [0, 0.1) is 0 Å². The second-order valence-corrected chi connectivity index (χ2v) is 6.07. The molecule has 0 aliphatic carbocycles. The number of benzene rings is 1. The SMILES string of the molecule is C[C@]1(O)C[C@H](Cc2ccc(Cl)cc2)N(OC(=O)C(F)(F)F)C1. The molecule has 0 radical (unpaired) electrons. The third-order valence-electron chi connectivity index (χ3n) is 3.40. The van der Waals surface area contributed by atoms with Crippen LogP contribution in [-0.4, -0.2) is 40.5 Å². The Kier molecular flexibility index (Phi) is 4.70. The highest BCUT2D eigenvalue weighted by Gasteiger charge is 2.47. The minimum Gasteiger partial charge on any atom is -0.389 e. The summed E-state index contributed by atoms with van der Waals surface area (Å²) in [5.74, 6) is -2.29. The van der Waals surface area contributed by atoms with Crippen molar-refractivity contribution in [2.45, 2.75) is 37.6 Å². The number of rotatable bonds is 3. The number of hydroxylamine groups is 2. The van der Waals surface area contributed by atoms with Gasteiger partial charge in [-0.15, -0.1) is 5.06 Å². The third kappa shape index (κ3) is 4.34. The number of carbonyl (C=O) groups excluding carboxylic acids is 1. The maximum absolute atomic E-state index is 12.3. The van der Waals surface area contributed by atoms with E-state index in [0.29, 0.717) is 11.4 Å². The average Bonchev–Trinajstić information content (AvgIpc) is 2.65. The van der Waals surface area contributed by atoms with Crippen molar-refractivity contribution in [1.29, 1.82) is 0 Å². The topological polar surface area (TPSA) is 49.8 Å². The minimum atomic E-state index is -5.07. The van der Waals surface area contributed by atoms with Gasteiger partial charge in [-0.1, -0.05) is 23.7 Å². The molecule has 1 heterocycles. The van der Waals surface area contributed by atoms with Gasteiger partial charge in [-0.05, 0) is 37.5 Å². The number of hydrogen-bond acceptors (Lipinski definition) is 4. The monoisotopic (exact) mass is 337 g/mol. The Hall–Kier alpha value is -1.31.